The Kier molecular flexibility index (Phi) is 3.69. The second-order valence-corrected chi connectivity index (χ2v) is 3.52. The number of hydrogen-bond acceptors (Lipinski definition) is 1. The molecule has 0 bridgehead atoms. The summed E-state index contributed by atoms with van der Waals surface area (Å²) in [5, 5.41) is -3.17. The Morgan fingerprint density at radius 2 is 1.86 bits per heavy atom. The standard InChI is InChI=1S/C10H12ClF2N/c1-2-14(8-10(11,12)13)9-6-4-3-5-7-9/h3-7H,2,8H2,1H3. The Morgan fingerprint density at radius 3 is 2.29 bits per heavy atom. The molecule has 0 radical (unpaired) electrons. The first kappa shape index (κ1) is 11.2. The molecule has 1 aromatic carbocycles. The van der Waals surface area contributed by atoms with E-state index in [0.717, 1.165) is 5.69 Å². The first-order chi connectivity index (χ1) is 6.53. The van der Waals surface area contributed by atoms with Crippen LogP contribution < -0.4 is 4.90 Å². The third-order valence-electron chi connectivity index (χ3n) is 1.87. The zero-order valence-corrected chi connectivity index (χ0v) is 8.64. The highest BCUT2D eigenvalue weighted by Gasteiger charge is 2.27. The summed E-state index contributed by atoms with van der Waals surface area (Å²) in [6, 6.07) is 9.03. The van der Waals surface area contributed by atoms with Gasteiger partial charge in [0.25, 0.3) is 0 Å². The number of anilines is 1. The van der Waals surface area contributed by atoms with E-state index in [1.807, 2.05) is 25.1 Å². The smallest absolute Gasteiger partial charge is 0.338 e. The quantitative estimate of drug-likeness (QED) is 0.702. The van der Waals surface area contributed by atoms with Crippen molar-refractivity contribution in [2.75, 3.05) is 18.0 Å². The van der Waals surface area contributed by atoms with E-state index >= 15 is 0 Å². The molecule has 0 aliphatic rings. The van der Waals surface area contributed by atoms with Crippen LogP contribution in [-0.4, -0.2) is 18.5 Å². The van der Waals surface area contributed by atoms with Gasteiger partial charge in [-0.3, -0.25) is 0 Å². The zero-order valence-electron chi connectivity index (χ0n) is 7.88. The van der Waals surface area contributed by atoms with Crippen LogP contribution in [0.3, 0.4) is 0 Å². The van der Waals surface area contributed by atoms with Crippen molar-refractivity contribution in [2.24, 2.45) is 0 Å². The SMILES string of the molecule is CCN(CC(F)(F)Cl)c1ccccc1. The Hall–Kier alpha value is -0.830. The first-order valence-corrected chi connectivity index (χ1v) is 4.77. The monoisotopic (exact) mass is 219 g/mol. The molecule has 1 aromatic rings. The van der Waals surface area contributed by atoms with Gasteiger partial charge in [0.15, 0.2) is 0 Å². The summed E-state index contributed by atoms with van der Waals surface area (Å²) in [4.78, 5) is 1.53. The van der Waals surface area contributed by atoms with Crippen molar-refractivity contribution >= 4 is 17.3 Å². The molecule has 0 heterocycles. The van der Waals surface area contributed by atoms with E-state index in [1.54, 1.807) is 12.1 Å². The van der Waals surface area contributed by atoms with Gasteiger partial charge in [-0.1, -0.05) is 18.2 Å². The molecule has 0 saturated heterocycles. The zero-order chi connectivity index (χ0) is 10.6. The molecule has 78 valence electrons. The molecule has 0 spiro atoms. The third kappa shape index (κ3) is 3.50. The van der Waals surface area contributed by atoms with Gasteiger partial charge < -0.3 is 4.90 Å². The van der Waals surface area contributed by atoms with Crippen molar-refractivity contribution in [1.29, 1.82) is 0 Å². The lowest BCUT2D eigenvalue weighted by Crippen LogP contribution is -2.33. The van der Waals surface area contributed by atoms with Crippen molar-refractivity contribution in [2.45, 2.75) is 12.3 Å². The van der Waals surface area contributed by atoms with Crippen LogP contribution in [0.25, 0.3) is 0 Å². The Labute approximate surface area is 87.3 Å². The van der Waals surface area contributed by atoms with E-state index in [1.165, 1.54) is 4.90 Å². The molecule has 0 unspecified atom stereocenters. The molecule has 4 heteroatoms. The molecule has 0 saturated carbocycles. The highest BCUT2D eigenvalue weighted by Crippen LogP contribution is 2.23. The molecule has 0 N–H and O–H groups in total. The lowest BCUT2D eigenvalue weighted by Gasteiger charge is -2.24. The van der Waals surface area contributed by atoms with Crippen LogP contribution >= 0.6 is 11.6 Å². The average Bonchev–Trinajstić information content (AvgIpc) is 2.14. The van der Waals surface area contributed by atoms with Gasteiger partial charge >= 0.3 is 5.38 Å². The van der Waals surface area contributed by atoms with Crippen molar-refractivity contribution < 1.29 is 8.78 Å². The predicted octanol–water partition coefficient (Wildman–Crippen LogP) is 3.34. The maximum absolute atomic E-state index is 12.6. The molecule has 1 rings (SSSR count). The molecule has 0 aromatic heterocycles. The molecule has 0 atom stereocenters. The minimum Gasteiger partial charge on any atom is -0.364 e. The van der Waals surface area contributed by atoms with Gasteiger partial charge in [-0.2, -0.15) is 8.78 Å². The molecular weight excluding hydrogens is 208 g/mol. The van der Waals surface area contributed by atoms with E-state index in [9.17, 15) is 8.78 Å². The number of alkyl halides is 3. The molecule has 0 aliphatic heterocycles. The summed E-state index contributed by atoms with van der Waals surface area (Å²) < 4.78 is 25.1. The Morgan fingerprint density at radius 1 is 1.29 bits per heavy atom. The predicted molar refractivity (Wildman–Crippen MR) is 55.1 cm³/mol. The van der Waals surface area contributed by atoms with Crippen LogP contribution in [0, 0.1) is 0 Å². The van der Waals surface area contributed by atoms with E-state index in [4.69, 9.17) is 11.6 Å². The summed E-state index contributed by atoms with van der Waals surface area (Å²) in [5.74, 6) is 0. The van der Waals surface area contributed by atoms with Gasteiger partial charge in [0.2, 0.25) is 0 Å². The molecule has 1 nitrogen and oxygen atoms in total. The van der Waals surface area contributed by atoms with Crippen molar-refractivity contribution in [1.82, 2.24) is 0 Å². The van der Waals surface area contributed by atoms with E-state index in [0.29, 0.717) is 6.54 Å². The molecule has 0 amide bonds. The molecular formula is C10H12ClF2N. The largest absolute Gasteiger partial charge is 0.364 e. The van der Waals surface area contributed by atoms with Crippen molar-refractivity contribution in [3.05, 3.63) is 30.3 Å². The normalized spacial score (nSPS) is 11.4. The minimum atomic E-state index is -3.17. The maximum atomic E-state index is 12.6. The summed E-state index contributed by atoms with van der Waals surface area (Å²) in [5.41, 5.74) is 0.760. The molecule has 0 aliphatic carbocycles. The molecule has 14 heavy (non-hydrogen) atoms. The van der Waals surface area contributed by atoms with Crippen LogP contribution in [0.5, 0.6) is 0 Å². The van der Waals surface area contributed by atoms with Gasteiger partial charge in [-0.05, 0) is 30.7 Å². The fourth-order valence-corrected chi connectivity index (χ4v) is 1.39. The number of para-hydroxylation sites is 1. The Bertz CT molecular complexity index is 271. The maximum Gasteiger partial charge on any atom is 0.338 e. The fourth-order valence-electron chi connectivity index (χ4n) is 1.24. The third-order valence-corrected chi connectivity index (χ3v) is 1.99. The van der Waals surface area contributed by atoms with Gasteiger partial charge in [-0.25, -0.2) is 0 Å². The summed E-state index contributed by atoms with van der Waals surface area (Å²) in [7, 11) is 0. The highest BCUT2D eigenvalue weighted by molar-refractivity contribution is 6.22. The van der Waals surface area contributed by atoms with Gasteiger partial charge in [0.1, 0.15) is 0 Å². The lowest BCUT2D eigenvalue weighted by molar-refractivity contribution is 0.104. The fraction of sp³-hybridized carbons (Fsp3) is 0.400. The molecule has 0 fully saturated rings. The van der Waals surface area contributed by atoms with Crippen LogP contribution in [0.15, 0.2) is 30.3 Å². The average molecular weight is 220 g/mol. The van der Waals surface area contributed by atoms with Gasteiger partial charge in [-0.15, -0.1) is 0 Å². The summed E-state index contributed by atoms with van der Waals surface area (Å²) in [6.07, 6.45) is 0. The Balaban J connectivity index is 2.73. The second kappa shape index (κ2) is 4.60. The van der Waals surface area contributed by atoms with Gasteiger partial charge in [0, 0.05) is 12.2 Å². The number of benzene rings is 1. The second-order valence-electron chi connectivity index (χ2n) is 2.96. The number of halogens is 3. The van der Waals surface area contributed by atoms with Crippen molar-refractivity contribution in [3.8, 4) is 0 Å². The van der Waals surface area contributed by atoms with Crippen LogP contribution in [0.1, 0.15) is 6.92 Å². The minimum absolute atomic E-state index is 0.463. The van der Waals surface area contributed by atoms with E-state index < -0.39 is 11.9 Å². The van der Waals surface area contributed by atoms with Gasteiger partial charge in [0.05, 0.1) is 6.54 Å². The van der Waals surface area contributed by atoms with E-state index in [-0.39, 0.29) is 0 Å². The number of rotatable bonds is 4. The van der Waals surface area contributed by atoms with E-state index in [2.05, 4.69) is 0 Å². The summed E-state index contributed by atoms with van der Waals surface area (Å²) in [6.45, 7) is 1.86. The summed E-state index contributed by atoms with van der Waals surface area (Å²) >= 11 is 4.88. The number of nitrogens with zero attached hydrogens (tertiary/aromatic N) is 1. The van der Waals surface area contributed by atoms with Crippen LogP contribution in [0.2, 0.25) is 0 Å². The first-order valence-electron chi connectivity index (χ1n) is 4.39. The highest BCUT2D eigenvalue weighted by atomic mass is 35.5. The van der Waals surface area contributed by atoms with Crippen LogP contribution in [-0.2, 0) is 0 Å². The lowest BCUT2D eigenvalue weighted by atomic mass is 10.3. The van der Waals surface area contributed by atoms with Crippen LogP contribution in [0.4, 0.5) is 14.5 Å². The number of hydrogen-bond donors (Lipinski definition) is 0. The topological polar surface area (TPSA) is 3.24 Å². The van der Waals surface area contributed by atoms with Crippen molar-refractivity contribution in [3.63, 3.8) is 0 Å².